The highest BCUT2D eigenvalue weighted by Gasteiger charge is 2.09. The highest BCUT2D eigenvalue weighted by Crippen LogP contribution is 2.15. The zero-order valence-electron chi connectivity index (χ0n) is 16.8. The lowest BCUT2D eigenvalue weighted by Crippen LogP contribution is -2.39. The number of halogens is 3. The molecule has 0 fully saturated rings. The number of ether oxygens (including phenoxy) is 1. The van der Waals surface area contributed by atoms with Crippen molar-refractivity contribution in [1.82, 2.24) is 20.5 Å². The predicted molar refractivity (Wildman–Crippen MR) is 123 cm³/mol. The largest absolute Gasteiger partial charge is 0.435 e. The number of alkyl halides is 2. The molecule has 2 aromatic rings. The predicted octanol–water partition coefficient (Wildman–Crippen LogP) is 3.13. The number of aliphatic imine (C=N–C) groups is 1. The van der Waals surface area contributed by atoms with Gasteiger partial charge in [0.05, 0.1) is 12.1 Å². The smallest absolute Gasteiger partial charge is 0.387 e. The number of amides is 1. The van der Waals surface area contributed by atoms with Crippen LogP contribution in [0.3, 0.4) is 0 Å². The average Bonchev–Trinajstić information content (AvgIpc) is 2.71. The molecule has 2 N–H and O–H groups in total. The maximum Gasteiger partial charge on any atom is 0.387 e. The number of hydrogen-bond donors (Lipinski definition) is 2. The molecule has 1 aromatic carbocycles. The molecule has 1 aromatic heterocycles. The summed E-state index contributed by atoms with van der Waals surface area (Å²) < 4.78 is 28.8. The maximum atomic E-state index is 12.2. The van der Waals surface area contributed by atoms with Gasteiger partial charge in [-0.2, -0.15) is 8.78 Å². The molecule has 0 spiro atoms. The van der Waals surface area contributed by atoms with Crippen LogP contribution in [-0.4, -0.2) is 55.0 Å². The number of benzene rings is 1. The highest BCUT2D eigenvalue weighted by molar-refractivity contribution is 14.0. The molecule has 0 radical (unpaired) electrons. The molecule has 0 atom stereocenters. The maximum absolute atomic E-state index is 12.2. The Kier molecular flexibility index (Phi) is 11.6. The third-order valence-corrected chi connectivity index (χ3v) is 3.85. The molecule has 0 unspecified atom stereocenters. The minimum atomic E-state index is -2.84. The Balaban J connectivity index is 0.00000450. The molecule has 0 saturated heterocycles. The Bertz CT molecular complexity index is 792. The number of aromatic nitrogens is 1. The van der Waals surface area contributed by atoms with Crippen molar-refractivity contribution in [3.8, 4) is 5.75 Å². The van der Waals surface area contributed by atoms with E-state index in [0.29, 0.717) is 37.7 Å². The summed E-state index contributed by atoms with van der Waals surface area (Å²) in [5.41, 5.74) is 1.42. The van der Waals surface area contributed by atoms with Crippen LogP contribution in [0.1, 0.15) is 22.8 Å². The SMILES string of the molecule is CCNC(=NCCNC(=O)c1cccnc1)N(C)Cc1ccc(OC(F)F)cc1.I. The van der Waals surface area contributed by atoms with Gasteiger partial charge in [0.25, 0.3) is 5.91 Å². The lowest BCUT2D eigenvalue weighted by Gasteiger charge is -2.22. The number of carbonyl (C=O) groups is 1. The lowest BCUT2D eigenvalue weighted by molar-refractivity contribution is -0.0498. The molecule has 1 heterocycles. The van der Waals surface area contributed by atoms with Gasteiger partial charge in [-0.3, -0.25) is 14.8 Å². The summed E-state index contributed by atoms with van der Waals surface area (Å²) in [5.74, 6) is 0.602. The monoisotopic (exact) mass is 533 g/mol. The standard InChI is InChI=1S/C20H25F2N5O2.HI/c1-3-24-20(26-12-11-25-18(28)16-5-4-10-23-13-16)27(2)14-15-6-8-17(9-7-15)29-19(21)22;/h4-10,13,19H,3,11-12,14H2,1-2H3,(H,24,26)(H,25,28);1H. The first kappa shape index (κ1) is 25.5. The van der Waals surface area contributed by atoms with Gasteiger partial charge >= 0.3 is 6.61 Å². The van der Waals surface area contributed by atoms with E-state index in [-0.39, 0.29) is 35.6 Å². The summed E-state index contributed by atoms with van der Waals surface area (Å²) in [4.78, 5) is 22.3. The van der Waals surface area contributed by atoms with Gasteiger partial charge in [-0.1, -0.05) is 12.1 Å². The summed E-state index contributed by atoms with van der Waals surface area (Å²) in [6.45, 7) is 1.13. The highest BCUT2D eigenvalue weighted by atomic mass is 127. The Morgan fingerprint density at radius 2 is 1.97 bits per heavy atom. The second-order valence-corrected chi connectivity index (χ2v) is 6.11. The normalized spacial score (nSPS) is 10.9. The minimum Gasteiger partial charge on any atom is -0.435 e. The fourth-order valence-corrected chi connectivity index (χ4v) is 2.53. The van der Waals surface area contributed by atoms with Crippen molar-refractivity contribution in [1.29, 1.82) is 0 Å². The third-order valence-electron chi connectivity index (χ3n) is 3.85. The third kappa shape index (κ3) is 8.89. The van der Waals surface area contributed by atoms with Gasteiger partial charge in [-0.25, -0.2) is 0 Å². The quantitative estimate of drug-likeness (QED) is 0.224. The fraction of sp³-hybridized carbons (Fsp3) is 0.350. The number of carbonyl (C=O) groups excluding carboxylic acids is 1. The van der Waals surface area contributed by atoms with Gasteiger partial charge in [0.1, 0.15) is 5.75 Å². The molecular formula is C20H26F2IN5O2. The number of guanidine groups is 1. The van der Waals surface area contributed by atoms with Crippen LogP contribution in [0.5, 0.6) is 5.75 Å². The van der Waals surface area contributed by atoms with Crippen LogP contribution < -0.4 is 15.4 Å². The first-order chi connectivity index (χ1) is 14.0. The number of rotatable bonds is 9. The van der Waals surface area contributed by atoms with Gasteiger partial charge < -0.3 is 20.3 Å². The molecule has 0 aliphatic heterocycles. The van der Waals surface area contributed by atoms with E-state index in [1.165, 1.54) is 18.3 Å². The van der Waals surface area contributed by atoms with Gasteiger partial charge in [-0.05, 0) is 36.8 Å². The van der Waals surface area contributed by atoms with Crippen LogP contribution >= 0.6 is 24.0 Å². The molecule has 0 aliphatic carbocycles. The first-order valence-electron chi connectivity index (χ1n) is 9.21. The second kappa shape index (κ2) is 13.7. The van der Waals surface area contributed by atoms with Crippen molar-refractivity contribution in [3.05, 3.63) is 59.9 Å². The molecule has 30 heavy (non-hydrogen) atoms. The van der Waals surface area contributed by atoms with Gasteiger partial charge in [0, 0.05) is 39.1 Å². The van der Waals surface area contributed by atoms with E-state index in [1.54, 1.807) is 30.5 Å². The van der Waals surface area contributed by atoms with E-state index < -0.39 is 6.61 Å². The summed E-state index contributed by atoms with van der Waals surface area (Å²) in [5, 5.41) is 5.99. The average molecular weight is 533 g/mol. The first-order valence-corrected chi connectivity index (χ1v) is 9.21. The lowest BCUT2D eigenvalue weighted by atomic mass is 10.2. The van der Waals surface area contributed by atoms with Crippen LogP contribution in [0.25, 0.3) is 0 Å². The molecule has 0 saturated carbocycles. The number of nitrogens with one attached hydrogen (secondary N) is 2. The Morgan fingerprint density at radius 1 is 1.23 bits per heavy atom. The molecule has 10 heteroatoms. The van der Waals surface area contributed by atoms with Crippen LogP contribution in [0.4, 0.5) is 8.78 Å². The van der Waals surface area contributed by atoms with E-state index in [1.807, 2.05) is 18.9 Å². The van der Waals surface area contributed by atoms with Crippen molar-refractivity contribution in [2.75, 3.05) is 26.7 Å². The van der Waals surface area contributed by atoms with E-state index in [2.05, 4.69) is 25.3 Å². The van der Waals surface area contributed by atoms with Crippen molar-refractivity contribution < 1.29 is 18.3 Å². The Labute approximate surface area is 191 Å². The molecule has 2 rings (SSSR count). The van der Waals surface area contributed by atoms with Crippen LogP contribution in [0.2, 0.25) is 0 Å². The Hall–Kier alpha value is -2.50. The van der Waals surface area contributed by atoms with Gasteiger partial charge in [0.15, 0.2) is 5.96 Å². The minimum absolute atomic E-state index is 0. The van der Waals surface area contributed by atoms with Crippen LogP contribution in [-0.2, 0) is 6.54 Å². The van der Waals surface area contributed by atoms with E-state index in [4.69, 9.17) is 0 Å². The molecular weight excluding hydrogens is 507 g/mol. The van der Waals surface area contributed by atoms with Crippen LogP contribution in [0, 0.1) is 0 Å². The van der Waals surface area contributed by atoms with E-state index in [0.717, 1.165) is 5.56 Å². The molecule has 0 bridgehead atoms. The van der Waals surface area contributed by atoms with Gasteiger partial charge in [-0.15, -0.1) is 24.0 Å². The summed E-state index contributed by atoms with van der Waals surface area (Å²) in [6, 6.07) is 9.87. The number of nitrogens with zero attached hydrogens (tertiary/aromatic N) is 3. The van der Waals surface area contributed by atoms with Crippen molar-refractivity contribution >= 4 is 35.8 Å². The Morgan fingerprint density at radius 3 is 2.57 bits per heavy atom. The second-order valence-electron chi connectivity index (χ2n) is 6.11. The number of pyridine rings is 1. The fourth-order valence-electron chi connectivity index (χ4n) is 2.53. The topological polar surface area (TPSA) is 78.8 Å². The molecule has 1 amide bonds. The van der Waals surface area contributed by atoms with Crippen LogP contribution in [0.15, 0.2) is 53.8 Å². The summed E-state index contributed by atoms with van der Waals surface area (Å²) >= 11 is 0. The van der Waals surface area contributed by atoms with E-state index >= 15 is 0 Å². The molecule has 0 aliphatic rings. The molecule has 164 valence electrons. The van der Waals surface area contributed by atoms with Gasteiger partial charge in [0.2, 0.25) is 0 Å². The zero-order valence-corrected chi connectivity index (χ0v) is 19.2. The summed E-state index contributed by atoms with van der Waals surface area (Å²) in [6.07, 6.45) is 3.12. The van der Waals surface area contributed by atoms with Crippen molar-refractivity contribution in [3.63, 3.8) is 0 Å². The zero-order chi connectivity index (χ0) is 21.1. The molecule has 7 nitrogen and oxygen atoms in total. The number of hydrogen-bond acceptors (Lipinski definition) is 4. The summed E-state index contributed by atoms with van der Waals surface area (Å²) in [7, 11) is 1.87. The van der Waals surface area contributed by atoms with Crippen molar-refractivity contribution in [2.45, 2.75) is 20.1 Å². The van der Waals surface area contributed by atoms with Crippen molar-refractivity contribution in [2.24, 2.45) is 4.99 Å². The van der Waals surface area contributed by atoms with E-state index in [9.17, 15) is 13.6 Å².